The first-order valence-corrected chi connectivity index (χ1v) is 4.89. The van der Waals surface area contributed by atoms with Gasteiger partial charge in [-0.15, -0.1) is 0 Å². The van der Waals surface area contributed by atoms with Crippen LogP contribution in [-0.4, -0.2) is 23.7 Å². The molecule has 0 aromatic heterocycles. The first kappa shape index (κ1) is 10.4. The minimum atomic E-state index is -0.652. The number of benzene rings is 1. The lowest BCUT2D eigenvalue weighted by Crippen LogP contribution is -2.25. The van der Waals surface area contributed by atoms with Crippen molar-refractivity contribution in [3.63, 3.8) is 0 Å². The molecule has 15 heavy (non-hydrogen) atoms. The summed E-state index contributed by atoms with van der Waals surface area (Å²) in [6, 6.07) is 4.06. The molecule has 0 aliphatic carbocycles. The van der Waals surface area contributed by atoms with E-state index in [-0.39, 0.29) is 23.9 Å². The van der Waals surface area contributed by atoms with Gasteiger partial charge < -0.3 is 10.0 Å². The Labute approximate surface area is 91.1 Å². The van der Waals surface area contributed by atoms with Crippen molar-refractivity contribution in [3.05, 3.63) is 29.0 Å². The molecule has 1 saturated heterocycles. The number of hydrogen-bond donors (Lipinski definition) is 1. The van der Waals surface area contributed by atoms with E-state index in [1.165, 1.54) is 23.1 Å². The summed E-state index contributed by atoms with van der Waals surface area (Å²) in [5.74, 6) is -0.696. The predicted molar refractivity (Wildman–Crippen MR) is 54.4 cm³/mol. The summed E-state index contributed by atoms with van der Waals surface area (Å²) in [6.45, 7) is 0.237. The number of carbonyl (C=O) groups excluding carboxylic acids is 1. The van der Waals surface area contributed by atoms with Gasteiger partial charge in [0.2, 0.25) is 5.91 Å². The van der Waals surface area contributed by atoms with Crippen molar-refractivity contribution in [2.24, 2.45) is 0 Å². The molecule has 1 aromatic carbocycles. The van der Waals surface area contributed by atoms with Gasteiger partial charge in [-0.2, -0.15) is 0 Å². The van der Waals surface area contributed by atoms with Crippen LogP contribution in [0.2, 0.25) is 5.02 Å². The van der Waals surface area contributed by atoms with Gasteiger partial charge >= 0.3 is 0 Å². The van der Waals surface area contributed by atoms with Gasteiger partial charge in [0.25, 0.3) is 0 Å². The fraction of sp³-hybridized carbons (Fsp3) is 0.300. The largest absolute Gasteiger partial charge is 0.391 e. The normalized spacial score (nSPS) is 21.1. The molecule has 0 radical (unpaired) electrons. The van der Waals surface area contributed by atoms with E-state index in [2.05, 4.69) is 0 Å². The summed E-state index contributed by atoms with van der Waals surface area (Å²) in [5.41, 5.74) is 0.517. The van der Waals surface area contributed by atoms with Gasteiger partial charge in [-0.3, -0.25) is 4.79 Å². The minimum absolute atomic E-state index is 0.0262. The Morgan fingerprint density at radius 3 is 2.80 bits per heavy atom. The van der Waals surface area contributed by atoms with Crippen LogP contribution < -0.4 is 4.90 Å². The number of anilines is 1. The quantitative estimate of drug-likeness (QED) is 0.794. The molecule has 1 aliphatic heterocycles. The number of aliphatic hydroxyl groups excluding tert-OH is 1. The monoisotopic (exact) mass is 229 g/mol. The molecule has 1 fully saturated rings. The summed E-state index contributed by atoms with van der Waals surface area (Å²) >= 11 is 5.60. The van der Waals surface area contributed by atoms with E-state index in [1.807, 2.05) is 0 Å². The Kier molecular flexibility index (Phi) is 2.63. The van der Waals surface area contributed by atoms with Crippen molar-refractivity contribution in [1.29, 1.82) is 0 Å². The Morgan fingerprint density at radius 1 is 1.53 bits per heavy atom. The fourth-order valence-electron chi connectivity index (χ4n) is 1.59. The highest BCUT2D eigenvalue weighted by molar-refractivity contribution is 6.31. The van der Waals surface area contributed by atoms with E-state index in [0.29, 0.717) is 5.69 Å². The van der Waals surface area contributed by atoms with Crippen molar-refractivity contribution in [1.82, 2.24) is 0 Å². The first-order valence-electron chi connectivity index (χ1n) is 4.51. The zero-order valence-electron chi connectivity index (χ0n) is 7.78. The van der Waals surface area contributed by atoms with Gasteiger partial charge in [0.1, 0.15) is 5.82 Å². The van der Waals surface area contributed by atoms with Gasteiger partial charge in [0.05, 0.1) is 24.1 Å². The van der Waals surface area contributed by atoms with Crippen LogP contribution in [0, 0.1) is 5.82 Å². The van der Waals surface area contributed by atoms with E-state index in [1.54, 1.807) is 0 Å². The van der Waals surface area contributed by atoms with E-state index >= 15 is 0 Å². The molecule has 1 aromatic rings. The molecule has 3 nitrogen and oxygen atoms in total. The van der Waals surface area contributed by atoms with E-state index in [0.717, 1.165) is 0 Å². The molecule has 0 saturated carbocycles. The molecular formula is C10H9ClFNO2. The summed E-state index contributed by atoms with van der Waals surface area (Å²) in [5, 5.41) is 9.26. The standard InChI is InChI=1S/C10H9ClFNO2/c11-8-3-6(1-2-9(8)12)13-5-7(14)4-10(13)15/h1-3,7,14H,4-5H2. The second-order valence-corrected chi connectivity index (χ2v) is 3.87. The van der Waals surface area contributed by atoms with Crippen molar-refractivity contribution >= 4 is 23.2 Å². The first-order chi connectivity index (χ1) is 7.08. The van der Waals surface area contributed by atoms with Gasteiger partial charge in [0.15, 0.2) is 0 Å². The molecule has 1 aliphatic rings. The Balaban J connectivity index is 2.30. The van der Waals surface area contributed by atoms with Crippen molar-refractivity contribution in [2.45, 2.75) is 12.5 Å². The minimum Gasteiger partial charge on any atom is -0.391 e. The molecule has 2 rings (SSSR count). The number of aliphatic hydroxyl groups is 1. The molecule has 1 atom stereocenters. The van der Waals surface area contributed by atoms with E-state index in [4.69, 9.17) is 11.6 Å². The third-order valence-corrected chi connectivity index (χ3v) is 2.61. The summed E-state index contributed by atoms with van der Waals surface area (Å²) < 4.78 is 12.9. The van der Waals surface area contributed by atoms with E-state index < -0.39 is 11.9 Å². The number of amides is 1. The van der Waals surface area contributed by atoms with Gasteiger partial charge in [0, 0.05) is 5.69 Å². The number of nitrogens with zero attached hydrogens (tertiary/aromatic N) is 1. The lowest BCUT2D eigenvalue weighted by molar-refractivity contribution is -0.117. The van der Waals surface area contributed by atoms with Gasteiger partial charge in [-0.1, -0.05) is 11.6 Å². The third-order valence-electron chi connectivity index (χ3n) is 2.32. The Bertz CT molecular complexity index is 410. The fourth-order valence-corrected chi connectivity index (χ4v) is 1.77. The molecule has 1 amide bonds. The van der Waals surface area contributed by atoms with Crippen LogP contribution in [0.4, 0.5) is 10.1 Å². The topological polar surface area (TPSA) is 40.5 Å². The number of rotatable bonds is 1. The SMILES string of the molecule is O=C1CC(O)CN1c1ccc(F)c(Cl)c1. The summed E-state index contributed by atoms with van der Waals surface area (Å²) in [6.07, 6.45) is -0.545. The molecule has 5 heteroatoms. The third kappa shape index (κ3) is 1.96. The zero-order chi connectivity index (χ0) is 11.0. The zero-order valence-corrected chi connectivity index (χ0v) is 8.54. The van der Waals surface area contributed by atoms with Crippen molar-refractivity contribution in [2.75, 3.05) is 11.4 Å². The highest BCUT2D eigenvalue weighted by Gasteiger charge is 2.29. The van der Waals surface area contributed by atoms with Crippen LogP contribution in [0.5, 0.6) is 0 Å². The number of carbonyl (C=O) groups is 1. The molecule has 0 spiro atoms. The maximum Gasteiger partial charge on any atom is 0.229 e. The number of hydrogen-bond acceptors (Lipinski definition) is 2. The highest BCUT2D eigenvalue weighted by Crippen LogP contribution is 2.26. The van der Waals surface area contributed by atoms with Crippen LogP contribution in [0.25, 0.3) is 0 Å². The highest BCUT2D eigenvalue weighted by atomic mass is 35.5. The second kappa shape index (κ2) is 3.79. The van der Waals surface area contributed by atoms with Gasteiger partial charge in [-0.25, -0.2) is 4.39 Å². The lowest BCUT2D eigenvalue weighted by Gasteiger charge is -2.15. The average molecular weight is 230 g/mol. The van der Waals surface area contributed by atoms with Crippen LogP contribution in [-0.2, 0) is 4.79 Å². The second-order valence-electron chi connectivity index (χ2n) is 3.46. The summed E-state index contributed by atoms with van der Waals surface area (Å²) in [4.78, 5) is 12.8. The molecule has 1 heterocycles. The van der Waals surface area contributed by atoms with Crippen LogP contribution >= 0.6 is 11.6 Å². The molecule has 1 N–H and O–H groups in total. The molecule has 1 unspecified atom stereocenters. The van der Waals surface area contributed by atoms with Crippen LogP contribution in [0.15, 0.2) is 18.2 Å². The van der Waals surface area contributed by atoms with Crippen molar-refractivity contribution < 1.29 is 14.3 Å². The van der Waals surface area contributed by atoms with Crippen molar-refractivity contribution in [3.8, 4) is 0 Å². The Morgan fingerprint density at radius 2 is 2.27 bits per heavy atom. The predicted octanol–water partition coefficient (Wildman–Crippen LogP) is 1.58. The van der Waals surface area contributed by atoms with Gasteiger partial charge in [-0.05, 0) is 18.2 Å². The van der Waals surface area contributed by atoms with Crippen LogP contribution in [0.3, 0.4) is 0 Å². The maximum atomic E-state index is 12.9. The molecular weight excluding hydrogens is 221 g/mol. The lowest BCUT2D eigenvalue weighted by atomic mass is 10.3. The maximum absolute atomic E-state index is 12.9. The average Bonchev–Trinajstić information content (AvgIpc) is 2.50. The van der Waals surface area contributed by atoms with E-state index in [9.17, 15) is 14.3 Å². The van der Waals surface area contributed by atoms with Crippen LogP contribution in [0.1, 0.15) is 6.42 Å². The Hall–Kier alpha value is -1.13. The number of β-amino-alcohol motifs (C(OH)–C–C–N with tert-alkyl or cyclic N) is 1. The summed E-state index contributed by atoms with van der Waals surface area (Å²) in [7, 11) is 0. The number of halogens is 2. The molecule has 0 bridgehead atoms. The smallest absolute Gasteiger partial charge is 0.229 e. The molecule has 80 valence electrons.